The lowest BCUT2D eigenvalue weighted by molar-refractivity contribution is -0.140. The van der Waals surface area contributed by atoms with Gasteiger partial charge in [-0.15, -0.1) is 0 Å². The van der Waals surface area contributed by atoms with E-state index in [4.69, 9.17) is 11.6 Å². The lowest BCUT2D eigenvalue weighted by Crippen LogP contribution is -2.56. The fourth-order valence-electron chi connectivity index (χ4n) is 5.22. The summed E-state index contributed by atoms with van der Waals surface area (Å²) in [7, 11) is -4.23. The molecule has 2 amide bonds. The fraction of sp³-hybridized carbons (Fsp3) is 0.297. The van der Waals surface area contributed by atoms with Crippen molar-refractivity contribution in [1.82, 2.24) is 10.2 Å². The molecule has 0 aliphatic carbocycles. The van der Waals surface area contributed by atoms with Crippen LogP contribution >= 0.6 is 11.6 Å². The Kier molecular flexibility index (Phi) is 11.0. The summed E-state index contributed by atoms with van der Waals surface area (Å²) in [5, 5.41) is 3.39. The highest BCUT2D eigenvalue weighted by Gasteiger charge is 2.36. The molecule has 9 heteroatoms. The molecule has 7 nitrogen and oxygen atoms in total. The number of nitrogens with one attached hydrogen (secondary N) is 1. The Morgan fingerprint density at radius 1 is 0.804 bits per heavy atom. The summed E-state index contributed by atoms with van der Waals surface area (Å²) in [6.45, 7) is 10.8. The molecule has 0 heterocycles. The molecule has 0 spiro atoms. The molecule has 0 unspecified atom stereocenters. The minimum Gasteiger partial charge on any atom is -0.350 e. The number of carbonyl (C=O) groups is 2. The number of carbonyl (C=O) groups excluding carboxylic acids is 2. The Labute approximate surface area is 278 Å². The van der Waals surface area contributed by atoms with Crippen LogP contribution in [0.25, 0.3) is 0 Å². The van der Waals surface area contributed by atoms with Crippen LogP contribution in [0.4, 0.5) is 5.69 Å². The van der Waals surface area contributed by atoms with Crippen molar-refractivity contribution in [2.75, 3.05) is 10.8 Å². The second-order valence-corrected chi connectivity index (χ2v) is 15.0. The largest absolute Gasteiger partial charge is 0.350 e. The predicted molar refractivity (Wildman–Crippen MR) is 185 cm³/mol. The van der Waals surface area contributed by atoms with Crippen LogP contribution in [0.5, 0.6) is 0 Å². The zero-order valence-corrected chi connectivity index (χ0v) is 28.8. The molecule has 0 radical (unpaired) electrons. The Morgan fingerprint density at radius 3 is 2.09 bits per heavy atom. The molecule has 242 valence electrons. The Hall–Kier alpha value is -4.14. The minimum atomic E-state index is -4.23. The average molecular weight is 660 g/mol. The van der Waals surface area contributed by atoms with Crippen molar-refractivity contribution < 1.29 is 18.0 Å². The summed E-state index contributed by atoms with van der Waals surface area (Å²) in [6.07, 6.45) is 0.237. The maximum Gasteiger partial charge on any atom is 0.264 e. The van der Waals surface area contributed by atoms with Gasteiger partial charge in [-0.05, 0) is 82.5 Å². The van der Waals surface area contributed by atoms with Gasteiger partial charge in [-0.3, -0.25) is 13.9 Å². The van der Waals surface area contributed by atoms with E-state index in [-0.39, 0.29) is 29.5 Å². The van der Waals surface area contributed by atoms with Crippen LogP contribution in [0.3, 0.4) is 0 Å². The second kappa shape index (κ2) is 14.5. The summed E-state index contributed by atoms with van der Waals surface area (Å²) in [6, 6.07) is 27.7. The first kappa shape index (κ1) is 34.7. The molecular formula is C37H42ClN3O4S. The number of aryl methyl sites for hydroxylation is 3. The van der Waals surface area contributed by atoms with Gasteiger partial charge in [-0.1, -0.05) is 95.5 Å². The van der Waals surface area contributed by atoms with Crippen molar-refractivity contribution in [2.45, 2.75) is 71.0 Å². The maximum absolute atomic E-state index is 14.7. The molecule has 46 heavy (non-hydrogen) atoms. The van der Waals surface area contributed by atoms with E-state index in [1.807, 2.05) is 89.2 Å². The molecule has 1 atom stereocenters. The number of nitrogens with zero attached hydrogens (tertiary/aromatic N) is 2. The molecule has 0 aliphatic rings. The highest BCUT2D eigenvalue weighted by molar-refractivity contribution is 7.92. The van der Waals surface area contributed by atoms with Crippen LogP contribution in [0, 0.1) is 20.8 Å². The van der Waals surface area contributed by atoms with Gasteiger partial charge in [0.25, 0.3) is 10.0 Å². The zero-order valence-electron chi connectivity index (χ0n) is 27.2. The average Bonchev–Trinajstić information content (AvgIpc) is 2.98. The van der Waals surface area contributed by atoms with E-state index in [2.05, 4.69) is 5.32 Å². The Balaban J connectivity index is 1.85. The van der Waals surface area contributed by atoms with E-state index < -0.39 is 34.1 Å². The number of halogens is 1. The number of anilines is 1. The number of benzene rings is 4. The number of hydrogen-bond donors (Lipinski definition) is 1. The first-order chi connectivity index (χ1) is 21.6. The maximum atomic E-state index is 14.7. The van der Waals surface area contributed by atoms with Crippen molar-refractivity contribution in [2.24, 2.45) is 0 Å². The van der Waals surface area contributed by atoms with Crippen LogP contribution in [0.2, 0.25) is 5.02 Å². The predicted octanol–water partition coefficient (Wildman–Crippen LogP) is 7.02. The molecule has 0 aromatic heterocycles. The molecule has 0 bridgehead atoms. The summed E-state index contributed by atoms with van der Waals surface area (Å²) >= 11 is 6.37. The third-order valence-corrected chi connectivity index (χ3v) is 9.54. The second-order valence-electron chi connectivity index (χ2n) is 12.7. The number of amides is 2. The van der Waals surface area contributed by atoms with E-state index in [1.165, 1.54) is 17.0 Å². The van der Waals surface area contributed by atoms with Crippen LogP contribution in [-0.2, 0) is 32.6 Å². The van der Waals surface area contributed by atoms with Crippen molar-refractivity contribution in [1.29, 1.82) is 0 Å². The van der Waals surface area contributed by atoms with Gasteiger partial charge in [-0.25, -0.2) is 8.42 Å². The van der Waals surface area contributed by atoms with Gasteiger partial charge in [0, 0.05) is 23.5 Å². The number of hydrogen-bond acceptors (Lipinski definition) is 4. The Morgan fingerprint density at radius 2 is 1.46 bits per heavy atom. The third kappa shape index (κ3) is 8.98. The normalized spacial score (nSPS) is 12.3. The number of rotatable bonds is 11. The third-order valence-electron chi connectivity index (χ3n) is 7.53. The minimum absolute atomic E-state index is 0.0434. The molecule has 0 fully saturated rings. The SMILES string of the molecule is Cc1ccc(S(=O)(=O)N(CC(=O)N(Cc2cccc(C)c2)[C@@H](Cc2ccccc2)C(=O)NC(C)(C)C)c2cc(Cl)ccc2C)cc1. The molecule has 0 saturated carbocycles. The van der Waals surface area contributed by atoms with Crippen molar-refractivity contribution in [3.05, 3.63) is 130 Å². The molecular weight excluding hydrogens is 618 g/mol. The Bertz CT molecular complexity index is 1790. The van der Waals surface area contributed by atoms with Gasteiger partial charge in [0.2, 0.25) is 11.8 Å². The highest BCUT2D eigenvalue weighted by atomic mass is 35.5. The summed E-state index contributed by atoms with van der Waals surface area (Å²) < 4.78 is 29.7. The lowest BCUT2D eigenvalue weighted by atomic mass is 10.0. The van der Waals surface area contributed by atoms with Gasteiger partial charge in [0.05, 0.1) is 10.6 Å². The van der Waals surface area contributed by atoms with Gasteiger partial charge in [0.1, 0.15) is 12.6 Å². The van der Waals surface area contributed by atoms with E-state index >= 15 is 0 Å². The first-order valence-corrected chi connectivity index (χ1v) is 17.0. The lowest BCUT2D eigenvalue weighted by Gasteiger charge is -2.35. The van der Waals surface area contributed by atoms with Gasteiger partial charge < -0.3 is 10.2 Å². The van der Waals surface area contributed by atoms with Crippen molar-refractivity contribution in [3.8, 4) is 0 Å². The first-order valence-electron chi connectivity index (χ1n) is 15.2. The quantitative estimate of drug-likeness (QED) is 0.188. The van der Waals surface area contributed by atoms with Crippen LogP contribution < -0.4 is 9.62 Å². The van der Waals surface area contributed by atoms with E-state index in [0.717, 1.165) is 26.6 Å². The summed E-state index contributed by atoms with van der Waals surface area (Å²) in [5.41, 5.74) is 3.94. The molecule has 1 N–H and O–H groups in total. The monoisotopic (exact) mass is 659 g/mol. The van der Waals surface area contributed by atoms with E-state index in [9.17, 15) is 18.0 Å². The van der Waals surface area contributed by atoms with Crippen molar-refractivity contribution >= 4 is 39.1 Å². The molecule has 4 aromatic rings. The van der Waals surface area contributed by atoms with Crippen LogP contribution in [-0.4, -0.2) is 43.3 Å². The number of sulfonamides is 1. The van der Waals surface area contributed by atoms with Crippen molar-refractivity contribution in [3.63, 3.8) is 0 Å². The van der Waals surface area contributed by atoms with Gasteiger partial charge in [0.15, 0.2) is 0 Å². The van der Waals surface area contributed by atoms with Crippen LogP contribution in [0.15, 0.2) is 102 Å². The van der Waals surface area contributed by atoms with Gasteiger partial charge in [-0.2, -0.15) is 0 Å². The highest BCUT2D eigenvalue weighted by Crippen LogP contribution is 2.30. The molecule has 0 saturated heterocycles. The molecule has 4 aromatic carbocycles. The van der Waals surface area contributed by atoms with E-state index in [1.54, 1.807) is 37.3 Å². The topological polar surface area (TPSA) is 86.8 Å². The standard InChI is InChI=1S/C37H42ClN3O4S/c1-26-15-19-32(20-16-26)46(44,45)41(33-23-31(38)18-17-28(33)3)25-35(42)40(24-30-14-10-11-27(2)21-30)34(36(43)39-37(4,5)6)22-29-12-8-7-9-13-29/h7-21,23,34H,22,24-25H2,1-6H3,(H,39,43)/t34-/m0/s1. The summed E-state index contributed by atoms with van der Waals surface area (Å²) in [4.78, 5) is 30.2. The zero-order chi connectivity index (χ0) is 33.6. The van der Waals surface area contributed by atoms with Gasteiger partial charge >= 0.3 is 0 Å². The molecule has 0 aliphatic heterocycles. The van der Waals surface area contributed by atoms with E-state index in [0.29, 0.717) is 10.6 Å². The fourth-order valence-corrected chi connectivity index (χ4v) is 6.85. The van der Waals surface area contributed by atoms with Crippen LogP contribution in [0.1, 0.15) is 48.6 Å². The molecule has 4 rings (SSSR count). The summed E-state index contributed by atoms with van der Waals surface area (Å²) in [5.74, 6) is -0.856. The smallest absolute Gasteiger partial charge is 0.264 e.